The van der Waals surface area contributed by atoms with E-state index in [4.69, 9.17) is 23.7 Å². The van der Waals surface area contributed by atoms with Gasteiger partial charge in [-0.25, -0.2) is 4.98 Å². The van der Waals surface area contributed by atoms with Gasteiger partial charge in [0.1, 0.15) is 29.9 Å². The van der Waals surface area contributed by atoms with Gasteiger partial charge in [0.05, 0.1) is 26.9 Å². The molecule has 0 aliphatic carbocycles. The lowest BCUT2D eigenvalue weighted by Gasteiger charge is -2.23. The quantitative estimate of drug-likeness (QED) is 0.663. The van der Waals surface area contributed by atoms with Crippen LogP contribution < -0.4 is 14.2 Å². The molecule has 0 spiro atoms. The van der Waals surface area contributed by atoms with Crippen LogP contribution in [0.3, 0.4) is 0 Å². The molecular weight excluding hydrogens is 403 g/mol. The highest BCUT2D eigenvalue weighted by Crippen LogP contribution is 2.36. The van der Waals surface area contributed by atoms with E-state index in [1.807, 2.05) is 6.92 Å². The summed E-state index contributed by atoms with van der Waals surface area (Å²) in [7, 11) is 1.54. The third-order valence-corrected chi connectivity index (χ3v) is 4.50. The van der Waals surface area contributed by atoms with Crippen molar-refractivity contribution in [3.63, 3.8) is 0 Å². The molecule has 164 valence electrons. The fourth-order valence-corrected chi connectivity index (χ4v) is 3.11. The fraction of sp³-hybridized carbons (Fsp3) is 0.476. The largest absolute Gasteiger partial charge is 0.494 e. The number of rotatable bonds is 7. The lowest BCUT2D eigenvalue weighted by molar-refractivity contribution is -0.153. The van der Waals surface area contributed by atoms with Crippen molar-refractivity contribution in [3.05, 3.63) is 35.4 Å². The Morgan fingerprint density at radius 1 is 1.10 bits per heavy atom. The predicted molar refractivity (Wildman–Crippen MR) is 103 cm³/mol. The molecule has 30 heavy (non-hydrogen) atoms. The normalized spacial score (nSPS) is 16.9. The van der Waals surface area contributed by atoms with Crippen molar-refractivity contribution in [2.24, 2.45) is 0 Å². The van der Waals surface area contributed by atoms with Gasteiger partial charge in [0.15, 0.2) is 6.61 Å². The van der Waals surface area contributed by atoms with E-state index in [0.717, 1.165) is 5.56 Å². The first-order chi connectivity index (χ1) is 14.3. The summed E-state index contributed by atoms with van der Waals surface area (Å²) >= 11 is 0. The predicted octanol–water partition coefficient (Wildman–Crippen LogP) is 4.11. The molecule has 2 heterocycles. The summed E-state index contributed by atoms with van der Waals surface area (Å²) in [5, 5.41) is 0. The third kappa shape index (κ3) is 5.76. The summed E-state index contributed by atoms with van der Waals surface area (Å²) in [5.74, 6) is 1.09. The smallest absolute Gasteiger partial charge is 0.422 e. The number of alkyl halides is 3. The number of aryl methyl sites for hydroxylation is 2. The Kier molecular flexibility index (Phi) is 7.04. The molecule has 1 atom stereocenters. The molecule has 1 aliphatic rings. The third-order valence-electron chi connectivity index (χ3n) is 4.50. The number of hydrogen-bond donors (Lipinski definition) is 0. The van der Waals surface area contributed by atoms with Crippen LogP contribution in [-0.4, -0.2) is 57.4 Å². The molecule has 3 rings (SSSR count). The van der Waals surface area contributed by atoms with E-state index in [1.54, 1.807) is 19.1 Å². The summed E-state index contributed by atoms with van der Waals surface area (Å²) in [6.45, 7) is 4.14. The van der Waals surface area contributed by atoms with E-state index >= 15 is 0 Å². The number of benzene rings is 1. The minimum Gasteiger partial charge on any atom is -0.494 e. The first-order valence-corrected chi connectivity index (χ1v) is 9.45. The van der Waals surface area contributed by atoms with Crippen LogP contribution in [0.25, 0.3) is 11.3 Å². The second-order valence-corrected chi connectivity index (χ2v) is 6.92. The highest BCUT2D eigenvalue weighted by Gasteiger charge is 2.28. The van der Waals surface area contributed by atoms with Gasteiger partial charge in [-0.3, -0.25) is 0 Å². The van der Waals surface area contributed by atoms with Crippen molar-refractivity contribution in [1.29, 1.82) is 0 Å². The van der Waals surface area contributed by atoms with Crippen LogP contribution in [0.5, 0.6) is 17.4 Å². The summed E-state index contributed by atoms with van der Waals surface area (Å²) in [6, 6.07) is 6.44. The summed E-state index contributed by atoms with van der Waals surface area (Å²) in [4.78, 5) is 4.57. The first-order valence-electron chi connectivity index (χ1n) is 9.45. The summed E-state index contributed by atoms with van der Waals surface area (Å²) in [5.41, 5.74) is 2.75. The standard InChI is InChI=1S/C21H24F3NO5/c1-13-8-15(30-12-21(22,23)24)4-5-17(13)19-20(26-3)14(2)9-18(25-19)29-11-16-10-27-6-7-28-16/h4-5,8-9,16H,6-7,10-12H2,1-3H3/t16-/m1/s1. The average molecular weight is 427 g/mol. The molecule has 0 amide bonds. The maximum atomic E-state index is 12.4. The zero-order valence-corrected chi connectivity index (χ0v) is 17.0. The van der Waals surface area contributed by atoms with E-state index in [2.05, 4.69) is 4.98 Å². The van der Waals surface area contributed by atoms with Gasteiger partial charge in [0.2, 0.25) is 5.88 Å². The van der Waals surface area contributed by atoms with Gasteiger partial charge >= 0.3 is 6.18 Å². The number of hydrogen-bond acceptors (Lipinski definition) is 6. The monoisotopic (exact) mass is 427 g/mol. The number of aromatic nitrogens is 1. The van der Waals surface area contributed by atoms with Crippen molar-refractivity contribution < 1.29 is 36.9 Å². The zero-order valence-electron chi connectivity index (χ0n) is 17.0. The molecule has 1 aliphatic heterocycles. The van der Waals surface area contributed by atoms with Gasteiger partial charge in [0, 0.05) is 11.6 Å². The fourth-order valence-electron chi connectivity index (χ4n) is 3.11. The van der Waals surface area contributed by atoms with Crippen LogP contribution in [0, 0.1) is 13.8 Å². The topological polar surface area (TPSA) is 59.0 Å². The Morgan fingerprint density at radius 3 is 2.53 bits per heavy atom. The number of methoxy groups -OCH3 is 1. The van der Waals surface area contributed by atoms with Crippen molar-refractivity contribution >= 4 is 0 Å². The number of pyridine rings is 1. The minimum absolute atomic E-state index is 0.131. The van der Waals surface area contributed by atoms with Gasteiger partial charge < -0.3 is 23.7 Å². The molecule has 0 saturated carbocycles. The van der Waals surface area contributed by atoms with Crippen molar-refractivity contribution in [2.45, 2.75) is 26.1 Å². The first kappa shape index (κ1) is 22.2. The molecule has 0 bridgehead atoms. The second kappa shape index (κ2) is 9.53. The molecule has 1 fully saturated rings. The van der Waals surface area contributed by atoms with Gasteiger partial charge in [0.25, 0.3) is 0 Å². The van der Waals surface area contributed by atoms with Crippen molar-refractivity contribution in [3.8, 4) is 28.6 Å². The van der Waals surface area contributed by atoms with Crippen LogP contribution in [-0.2, 0) is 9.47 Å². The number of halogens is 3. The molecule has 1 aromatic heterocycles. The Labute approximate surface area is 172 Å². The Morgan fingerprint density at radius 2 is 1.90 bits per heavy atom. The van der Waals surface area contributed by atoms with Gasteiger partial charge in [-0.2, -0.15) is 13.2 Å². The van der Waals surface area contributed by atoms with E-state index in [-0.39, 0.29) is 11.9 Å². The van der Waals surface area contributed by atoms with Crippen molar-refractivity contribution in [1.82, 2.24) is 4.98 Å². The van der Waals surface area contributed by atoms with E-state index in [1.165, 1.54) is 19.2 Å². The van der Waals surface area contributed by atoms with E-state index in [0.29, 0.717) is 54.9 Å². The molecule has 0 unspecified atom stereocenters. The maximum Gasteiger partial charge on any atom is 0.422 e. The second-order valence-electron chi connectivity index (χ2n) is 6.92. The number of nitrogens with zero attached hydrogens (tertiary/aromatic N) is 1. The highest BCUT2D eigenvalue weighted by molar-refractivity contribution is 5.72. The van der Waals surface area contributed by atoms with Gasteiger partial charge in [-0.15, -0.1) is 0 Å². The Hall–Kier alpha value is -2.52. The van der Waals surface area contributed by atoms with E-state index in [9.17, 15) is 13.2 Å². The lowest BCUT2D eigenvalue weighted by atomic mass is 10.0. The molecule has 2 aromatic rings. The lowest BCUT2D eigenvalue weighted by Crippen LogP contribution is -2.33. The SMILES string of the molecule is COc1c(C)cc(OC[C@H]2COCCO2)nc1-c1ccc(OCC(F)(F)F)cc1C. The molecule has 1 aromatic carbocycles. The minimum atomic E-state index is -4.40. The summed E-state index contributed by atoms with van der Waals surface area (Å²) in [6.07, 6.45) is -4.56. The molecule has 6 nitrogen and oxygen atoms in total. The Balaban J connectivity index is 1.83. The van der Waals surface area contributed by atoms with Crippen LogP contribution >= 0.6 is 0 Å². The van der Waals surface area contributed by atoms with Gasteiger partial charge in [-0.1, -0.05) is 0 Å². The average Bonchev–Trinajstić information content (AvgIpc) is 2.71. The molecule has 0 N–H and O–H groups in total. The maximum absolute atomic E-state index is 12.4. The molecule has 9 heteroatoms. The van der Waals surface area contributed by atoms with E-state index < -0.39 is 12.8 Å². The van der Waals surface area contributed by atoms with Crippen LogP contribution in [0.2, 0.25) is 0 Å². The van der Waals surface area contributed by atoms with Crippen molar-refractivity contribution in [2.75, 3.05) is 40.1 Å². The molecular formula is C21H24F3NO5. The Bertz CT molecular complexity index is 866. The molecule has 1 saturated heterocycles. The summed E-state index contributed by atoms with van der Waals surface area (Å²) < 4.78 is 64.3. The highest BCUT2D eigenvalue weighted by atomic mass is 19.4. The van der Waals surface area contributed by atoms with Crippen LogP contribution in [0.4, 0.5) is 13.2 Å². The van der Waals surface area contributed by atoms with Crippen LogP contribution in [0.15, 0.2) is 24.3 Å². The van der Waals surface area contributed by atoms with Gasteiger partial charge in [-0.05, 0) is 43.2 Å². The van der Waals surface area contributed by atoms with Crippen LogP contribution in [0.1, 0.15) is 11.1 Å². The number of ether oxygens (including phenoxy) is 5. The zero-order chi connectivity index (χ0) is 21.7. The molecule has 0 radical (unpaired) electrons.